The van der Waals surface area contributed by atoms with Crippen LogP contribution in [0.1, 0.15) is 54.6 Å². The summed E-state index contributed by atoms with van der Waals surface area (Å²) in [6, 6.07) is 3.72. The topological polar surface area (TPSA) is 56.8 Å². The monoisotopic (exact) mass is 384 g/mol. The first-order valence-corrected chi connectivity index (χ1v) is 10.7. The van der Waals surface area contributed by atoms with E-state index in [0.717, 1.165) is 76.9 Å². The number of amides is 2. The Morgan fingerprint density at radius 2 is 1.68 bits per heavy atom. The van der Waals surface area contributed by atoms with Crippen LogP contribution in [0.4, 0.5) is 0 Å². The summed E-state index contributed by atoms with van der Waals surface area (Å²) in [5, 5.41) is 0. The fraction of sp³-hybridized carbons (Fsp3) is 0.682. The minimum Gasteiger partial charge on any atom is -0.341 e. The molecule has 1 atom stereocenters. The second-order valence-corrected chi connectivity index (χ2v) is 8.86. The normalized spacial score (nSPS) is 25.3. The summed E-state index contributed by atoms with van der Waals surface area (Å²) in [6.45, 7) is 6.18. The van der Waals surface area contributed by atoms with Crippen molar-refractivity contribution in [2.75, 3.05) is 39.8 Å². The third-order valence-corrected chi connectivity index (χ3v) is 7.06. The molecule has 1 aromatic heterocycles. The summed E-state index contributed by atoms with van der Waals surface area (Å²) in [5.74, 6) is 0.385. The molecule has 3 saturated heterocycles. The predicted octanol–water partition coefficient (Wildman–Crippen LogP) is 2.33. The molecule has 0 radical (unpaired) electrons. The Balaban J connectivity index is 1.48. The first kappa shape index (κ1) is 19.4. The summed E-state index contributed by atoms with van der Waals surface area (Å²) < 4.78 is 0. The highest BCUT2D eigenvalue weighted by molar-refractivity contribution is 5.94. The molecule has 1 aromatic rings. The molecule has 1 unspecified atom stereocenters. The van der Waals surface area contributed by atoms with Crippen molar-refractivity contribution in [2.24, 2.45) is 5.41 Å². The summed E-state index contributed by atoms with van der Waals surface area (Å²) in [7, 11) is 2.11. The van der Waals surface area contributed by atoms with Gasteiger partial charge in [0.15, 0.2) is 0 Å². The van der Waals surface area contributed by atoms with Crippen LogP contribution in [0, 0.1) is 12.3 Å². The number of pyridine rings is 1. The molecule has 3 aliphatic rings. The maximum atomic E-state index is 13.3. The number of likely N-dealkylation sites (tertiary alicyclic amines) is 3. The molecular formula is C22H32N4O2. The molecule has 152 valence electrons. The van der Waals surface area contributed by atoms with Gasteiger partial charge in [0.05, 0.1) is 11.6 Å². The van der Waals surface area contributed by atoms with Crippen molar-refractivity contribution in [1.82, 2.24) is 19.7 Å². The minimum atomic E-state index is -0.0300. The fourth-order valence-corrected chi connectivity index (χ4v) is 5.43. The van der Waals surface area contributed by atoms with Crippen LogP contribution in [0.3, 0.4) is 0 Å². The zero-order valence-corrected chi connectivity index (χ0v) is 17.2. The van der Waals surface area contributed by atoms with Gasteiger partial charge in [-0.2, -0.15) is 0 Å². The van der Waals surface area contributed by atoms with Crippen molar-refractivity contribution in [3.05, 3.63) is 29.6 Å². The average molecular weight is 385 g/mol. The molecule has 1 spiro atoms. The van der Waals surface area contributed by atoms with E-state index in [-0.39, 0.29) is 17.4 Å². The van der Waals surface area contributed by atoms with Crippen molar-refractivity contribution in [1.29, 1.82) is 0 Å². The van der Waals surface area contributed by atoms with Gasteiger partial charge < -0.3 is 9.80 Å². The number of hydrogen-bond donors (Lipinski definition) is 0. The Morgan fingerprint density at radius 1 is 0.964 bits per heavy atom. The number of carbonyl (C=O) groups is 2. The van der Waals surface area contributed by atoms with Crippen molar-refractivity contribution < 1.29 is 9.59 Å². The number of aryl methyl sites for hydroxylation is 1. The molecule has 4 rings (SSSR count). The van der Waals surface area contributed by atoms with E-state index in [9.17, 15) is 9.59 Å². The molecule has 6 nitrogen and oxygen atoms in total. The van der Waals surface area contributed by atoms with Gasteiger partial charge in [0.1, 0.15) is 0 Å². The first-order valence-electron chi connectivity index (χ1n) is 10.7. The van der Waals surface area contributed by atoms with Crippen LogP contribution >= 0.6 is 0 Å². The summed E-state index contributed by atoms with van der Waals surface area (Å²) in [6.07, 6.45) is 7.98. The van der Waals surface area contributed by atoms with Gasteiger partial charge in [0.2, 0.25) is 5.91 Å². The number of piperidine rings is 2. The molecule has 0 aromatic carbocycles. The lowest BCUT2D eigenvalue weighted by molar-refractivity contribution is -0.145. The van der Waals surface area contributed by atoms with Crippen molar-refractivity contribution in [2.45, 2.75) is 51.5 Å². The SMILES string of the molecule is Cc1ccc(C(=O)N2CCC3(CCCN(C)C3C(=O)N3CCCC3)CC2)cn1. The lowest BCUT2D eigenvalue weighted by Gasteiger charge is -2.52. The number of carbonyl (C=O) groups excluding carboxylic acids is 2. The van der Waals surface area contributed by atoms with Crippen LogP contribution in [0.5, 0.6) is 0 Å². The van der Waals surface area contributed by atoms with Crippen LogP contribution < -0.4 is 0 Å². The highest BCUT2D eigenvalue weighted by Crippen LogP contribution is 2.45. The molecule has 0 N–H and O–H groups in total. The summed E-state index contributed by atoms with van der Waals surface area (Å²) >= 11 is 0. The van der Waals surface area contributed by atoms with Crippen LogP contribution in [-0.4, -0.2) is 77.3 Å². The maximum absolute atomic E-state index is 13.3. The van der Waals surface area contributed by atoms with E-state index in [1.165, 1.54) is 0 Å². The molecule has 4 heterocycles. The molecule has 3 aliphatic heterocycles. The van der Waals surface area contributed by atoms with Gasteiger partial charge in [-0.25, -0.2) is 0 Å². The lowest BCUT2D eigenvalue weighted by Crippen LogP contribution is -2.61. The molecule has 28 heavy (non-hydrogen) atoms. The predicted molar refractivity (Wildman–Crippen MR) is 108 cm³/mol. The van der Waals surface area contributed by atoms with Gasteiger partial charge in [-0.15, -0.1) is 0 Å². The van der Waals surface area contributed by atoms with E-state index < -0.39 is 0 Å². The smallest absolute Gasteiger partial charge is 0.255 e. The quantitative estimate of drug-likeness (QED) is 0.785. The average Bonchev–Trinajstić information content (AvgIpc) is 3.23. The van der Waals surface area contributed by atoms with Crippen LogP contribution in [-0.2, 0) is 4.79 Å². The second-order valence-electron chi connectivity index (χ2n) is 8.86. The zero-order valence-electron chi connectivity index (χ0n) is 17.2. The van der Waals surface area contributed by atoms with E-state index in [2.05, 4.69) is 21.8 Å². The molecule has 0 saturated carbocycles. The molecule has 0 aliphatic carbocycles. The highest BCUT2D eigenvalue weighted by atomic mass is 16.2. The van der Waals surface area contributed by atoms with Gasteiger partial charge in [-0.05, 0) is 76.6 Å². The minimum absolute atomic E-state index is 0.00891. The van der Waals surface area contributed by atoms with E-state index in [1.54, 1.807) is 6.20 Å². The zero-order chi connectivity index (χ0) is 19.7. The number of aromatic nitrogens is 1. The van der Waals surface area contributed by atoms with E-state index in [0.29, 0.717) is 11.5 Å². The number of hydrogen-bond acceptors (Lipinski definition) is 4. The van der Waals surface area contributed by atoms with E-state index in [1.807, 2.05) is 24.0 Å². The van der Waals surface area contributed by atoms with Crippen LogP contribution in [0.15, 0.2) is 18.3 Å². The lowest BCUT2D eigenvalue weighted by atomic mass is 9.66. The van der Waals surface area contributed by atoms with Crippen LogP contribution in [0.25, 0.3) is 0 Å². The first-order chi connectivity index (χ1) is 13.5. The molecular weight excluding hydrogens is 352 g/mol. The van der Waals surface area contributed by atoms with Gasteiger partial charge in [-0.3, -0.25) is 19.5 Å². The molecule has 0 bridgehead atoms. The molecule has 2 amide bonds. The Labute approximate surface area is 167 Å². The highest BCUT2D eigenvalue weighted by Gasteiger charge is 2.50. The van der Waals surface area contributed by atoms with Gasteiger partial charge in [-0.1, -0.05) is 0 Å². The number of likely N-dealkylation sites (N-methyl/N-ethyl adjacent to an activating group) is 1. The van der Waals surface area contributed by atoms with Crippen molar-refractivity contribution in [3.8, 4) is 0 Å². The van der Waals surface area contributed by atoms with Gasteiger partial charge in [0, 0.05) is 38.1 Å². The van der Waals surface area contributed by atoms with Gasteiger partial charge >= 0.3 is 0 Å². The standard InChI is InChI=1S/C22H32N4O2/c1-17-6-7-18(16-23-17)20(27)26-14-9-22(10-15-26)8-5-11-24(2)19(22)21(28)25-12-3-4-13-25/h6-7,16,19H,3-5,8-15H2,1-2H3. The Morgan fingerprint density at radius 3 is 2.32 bits per heavy atom. The Bertz CT molecular complexity index is 719. The van der Waals surface area contributed by atoms with E-state index >= 15 is 0 Å². The summed E-state index contributed by atoms with van der Waals surface area (Å²) in [4.78, 5) is 36.8. The van der Waals surface area contributed by atoms with Crippen molar-refractivity contribution >= 4 is 11.8 Å². The number of rotatable bonds is 2. The fourth-order valence-electron chi connectivity index (χ4n) is 5.43. The van der Waals surface area contributed by atoms with Crippen molar-refractivity contribution in [3.63, 3.8) is 0 Å². The third-order valence-electron chi connectivity index (χ3n) is 7.06. The maximum Gasteiger partial charge on any atom is 0.255 e. The molecule has 3 fully saturated rings. The van der Waals surface area contributed by atoms with Gasteiger partial charge in [0.25, 0.3) is 5.91 Å². The van der Waals surface area contributed by atoms with Crippen LogP contribution in [0.2, 0.25) is 0 Å². The molecule has 6 heteroatoms. The number of nitrogens with zero attached hydrogens (tertiary/aromatic N) is 4. The Hall–Kier alpha value is -1.95. The summed E-state index contributed by atoms with van der Waals surface area (Å²) in [5.41, 5.74) is 1.59. The Kier molecular flexibility index (Phi) is 5.41. The second kappa shape index (κ2) is 7.82. The third kappa shape index (κ3) is 3.54. The van der Waals surface area contributed by atoms with E-state index in [4.69, 9.17) is 0 Å². The largest absolute Gasteiger partial charge is 0.341 e.